The molecule has 0 saturated carbocycles. The van der Waals surface area contributed by atoms with Gasteiger partial charge in [0, 0.05) is 0 Å². The van der Waals surface area contributed by atoms with Crippen molar-refractivity contribution < 1.29 is 14.0 Å². The quantitative estimate of drug-likeness (QED) is 0.457. The normalized spacial score (nSPS) is 15.9. The number of benzene rings is 2. The molecule has 0 unspecified atom stereocenters. The molecular weight excluding hydrogens is 445 g/mol. The summed E-state index contributed by atoms with van der Waals surface area (Å²) in [4.78, 5) is 14.6. The number of fused-ring (bicyclic) bond motifs is 1. The molecule has 168 valence electrons. The number of aromatic nitrogens is 3. The summed E-state index contributed by atoms with van der Waals surface area (Å²) in [5.41, 5.74) is 7.76. The number of amidine groups is 1. The Morgan fingerprint density at radius 2 is 2.12 bits per heavy atom. The molecule has 0 saturated heterocycles. The molecule has 1 atom stereocenters. The summed E-state index contributed by atoms with van der Waals surface area (Å²) in [5.74, 6) is -0.117. The van der Waals surface area contributed by atoms with Gasteiger partial charge in [0.2, 0.25) is 5.88 Å². The average molecular weight is 466 g/mol. The van der Waals surface area contributed by atoms with E-state index in [1.165, 1.54) is 35.2 Å². The van der Waals surface area contributed by atoms with E-state index in [0.717, 1.165) is 11.9 Å². The maximum atomic E-state index is 14.5. The molecule has 33 heavy (non-hydrogen) atoms. The van der Waals surface area contributed by atoms with Gasteiger partial charge in [0.15, 0.2) is 17.4 Å². The maximum absolute atomic E-state index is 14.5. The number of aryl methyl sites for hydroxylation is 2. The first-order valence-corrected chi connectivity index (χ1v) is 10.8. The molecule has 0 fully saturated rings. The summed E-state index contributed by atoms with van der Waals surface area (Å²) < 4.78 is 21.9. The van der Waals surface area contributed by atoms with Crippen molar-refractivity contribution in [2.24, 2.45) is 4.99 Å². The molecule has 0 bridgehead atoms. The molecule has 0 amide bonds. The summed E-state index contributed by atoms with van der Waals surface area (Å²) in [6.07, 6.45) is 3.92. The second kappa shape index (κ2) is 8.80. The van der Waals surface area contributed by atoms with E-state index >= 15 is 0 Å². The van der Waals surface area contributed by atoms with Crippen LogP contribution in [0.4, 0.5) is 4.39 Å². The van der Waals surface area contributed by atoms with E-state index in [2.05, 4.69) is 47.6 Å². The van der Waals surface area contributed by atoms with Gasteiger partial charge in [-0.25, -0.2) is 19.4 Å². The Morgan fingerprint density at radius 1 is 1.24 bits per heavy atom. The minimum Gasteiger partial charge on any atom is -0.434 e. The smallest absolute Gasteiger partial charge is 0.248 e. The number of hydrogen-bond acceptors (Lipinski definition) is 6. The molecule has 2 aromatic carbocycles. The first-order chi connectivity index (χ1) is 16.0. The van der Waals surface area contributed by atoms with Crippen molar-refractivity contribution in [1.29, 1.82) is 0 Å². The number of hydroxylamine groups is 1. The van der Waals surface area contributed by atoms with Crippen LogP contribution in [-0.4, -0.2) is 33.1 Å². The third kappa shape index (κ3) is 4.40. The van der Waals surface area contributed by atoms with Crippen LogP contribution in [0.25, 0.3) is 5.52 Å². The maximum Gasteiger partial charge on any atom is 0.248 e. The highest BCUT2D eigenvalue weighted by Crippen LogP contribution is 2.30. The first-order valence-electron chi connectivity index (χ1n) is 10.5. The Labute approximate surface area is 194 Å². The van der Waals surface area contributed by atoms with E-state index < -0.39 is 5.82 Å². The van der Waals surface area contributed by atoms with E-state index in [4.69, 9.17) is 26.2 Å². The molecule has 0 spiro atoms. The number of hydrogen-bond donors (Lipinski definition) is 1. The van der Waals surface area contributed by atoms with Crippen LogP contribution in [0.1, 0.15) is 22.3 Å². The molecule has 1 aliphatic rings. The van der Waals surface area contributed by atoms with E-state index in [0.29, 0.717) is 18.0 Å². The number of aliphatic imine (C=N–C) groups is 1. The zero-order valence-corrected chi connectivity index (χ0v) is 18.8. The zero-order valence-electron chi connectivity index (χ0n) is 18.0. The summed E-state index contributed by atoms with van der Waals surface area (Å²) in [5, 5.41) is 4.42. The standard InChI is InChI=1S/C24H21ClFN5O2/c1-14-6-7-16(15(2)8-14)9-17-12-32-30-23(28-17)19-10-18-11-27-13-31(18)29-24(19)33-21-5-3-4-20(25)22(21)26/h3-8,10-11,13,17H,9,12H2,1-2H3,(H,28,30)/t17-/m1/s1. The van der Waals surface area contributed by atoms with Crippen molar-refractivity contribution in [1.82, 2.24) is 20.1 Å². The predicted octanol–water partition coefficient (Wildman–Crippen LogP) is 4.82. The number of rotatable bonds is 5. The van der Waals surface area contributed by atoms with Crippen LogP contribution in [0.5, 0.6) is 11.6 Å². The Balaban J connectivity index is 1.52. The molecule has 3 heterocycles. The van der Waals surface area contributed by atoms with Gasteiger partial charge in [-0.2, -0.15) is 0 Å². The number of nitrogens with one attached hydrogen (secondary N) is 1. The Morgan fingerprint density at radius 3 is 2.97 bits per heavy atom. The highest BCUT2D eigenvalue weighted by atomic mass is 35.5. The van der Waals surface area contributed by atoms with E-state index in [-0.39, 0.29) is 22.7 Å². The minimum absolute atomic E-state index is 0.0391. The van der Waals surface area contributed by atoms with Crippen molar-refractivity contribution in [3.8, 4) is 11.6 Å². The highest BCUT2D eigenvalue weighted by Gasteiger charge is 2.23. The molecule has 1 N–H and O–H groups in total. The number of nitrogens with zero attached hydrogens (tertiary/aromatic N) is 4. The lowest BCUT2D eigenvalue weighted by atomic mass is 9.99. The van der Waals surface area contributed by atoms with Crippen LogP contribution in [0.3, 0.4) is 0 Å². The van der Waals surface area contributed by atoms with E-state index in [1.54, 1.807) is 16.8 Å². The third-order valence-corrected chi connectivity index (χ3v) is 5.75. The van der Waals surface area contributed by atoms with Crippen LogP contribution < -0.4 is 10.2 Å². The van der Waals surface area contributed by atoms with Crippen molar-refractivity contribution in [3.63, 3.8) is 0 Å². The van der Waals surface area contributed by atoms with Gasteiger partial charge in [0.1, 0.15) is 6.33 Å². The van der Waals surface area contributed by atoms with Gasteiger partial charge in [0.25, 0.3) is 0 Å². The van der Waals surface area contributed by atoms with Crippen molar-refractivity contribution in [2.45, 2.75) is 26.3 Å². The minimum atomic E-state index is -0.667. The number of halogens is 2. The number of imidazole rings is 1. The third-order valence-electron chi connectivity index (χ3n) is 5.46. The van der Waals surface area contributed by atoms with Crippen LogP contribution in [0.15, 0.2) is 60.0 Å². The highest BCUT2D eigenvalue weighted by molar-refractivity contribution is 6.30. The fourth-order valence-corrected chi connectivity index (χ4v) is 3.94. The van der Waals surface area contributed by atoms with Crippen molar-refractivity contribution in [2.75, 3.05) is 6.61 Å². The average Bonchev–Trinajstić information content (AvgIpc) is 3.26. The van der Waals surface area contributed by atoms with E-state index in [1.807, 2.05) is 6.07 Å². The van der Waals surface area contributed by atoms with Crippen LogP contribution in [-0.2, 0) is 11.3 Å². The van der Waals surface area contributed by atoms with Crippen LogP contribution in [0, 0.1) is 19.7 Å². The molecule has 1 aliphatic heterocycles. The Bertz CT molecular complexity index is 1370. The molecule has 2 aromatic heterocycles. The van der Waals surface area contributed by atoms with Gasteiger partial charge in [-0.1, -0.05) is 41.4 Å². The molecule has 7 nitrogen and oxygen atoms in total. The lowest BCUT2D eigenvalue weighted by molar-refractivity contribution is 0.0623. The molecule has 0 aliphatic carbocycles. The second-order valence-corrected chi connectivity index (χ2v) is 8.37. The lowest BCUT2D eigenvalue weighted by Gasteiger charge is -2.23. The van der Waals surface area contributed by atoms with Gasteiger partial charge in [-0.05, 0) is 49.6 Å². The molecular formula is C24H21ClFN5O2. The largest absolute Gasteiger partial charge is 0.434 e. The Hall–Kier alpha value is -3.49. The fourth-order valence-electron chi connectivity index (χ4n) is 3.77. The summed E-state index contributed by atoms with van der Waals surface area (Å²) in [6.45, 7) is 4.58. The monoisotopic (exact) mass is 465 g/mol. The van der Waals surface area contributed by atoms with Gasteiger partial charge in [0.05, 0.1) is 34.9 Å². The zero-order chi connectivity index (χ0) is 22.9. The molecule has 4 aromatic rings. The summed E-state index contributed by atoms with van der Waals surface area (Å²) in [6, 6.07) is 12.6. The SMILES string of the molecule is Cc1ccc(C[C@@H]2CONC(c3cc4cncn4nc3Oc3cccc(Cl)c3F)=N2)c(C)c1. The van der Waals surface area contributed by atoms with Crippen molar-refractivity contribution >= 4 is 23.0 Å². The van der Waals surface area contributed by atoms with Gasteiger partial charge in [-0.3, -0.25) is 9.83 Å². The van der Waals surface area contributed by atoms with Gasteiger partial charge in [-0.15, -0.1) is 5.10 Å². The van der Waals surface area contributed by atoms with Gasteiger partial charge >= 0.3 is 0 Å². The van der Waals surface area contributed by atoms with Crippen molar-refractivity contribution in [3.05, 3.63) is 88.1 Å². The Kier molecular flexibility index (Phi) is 5.70. The second-order valence-electron chi connectivity index (χ2n) is 7.96. The van der Waals surface area contributed by atoms with Crippen LogP contribution >= 0.6 is 11.6 Å². The predicted molar refractivity (Wildman–Crippen MR) is 124 cm³/mol. The fraction of sp³-hybridized carbons (Fsp3) is 0.208. The molecule has 0 radical (unpaired) electrons. The molecule has 5 rings (SSSR count). The first kappa shape index (κ1) is 21.4. The summed E-state index contributed by atoms with van der Waals surface area (Å²) >= 11 is 5.92. The van der Waals surface area contributed by atoms with Crippen LogP contribution in [0.2, 0.25) is 5.02 Å². The summed E-state index contributed by atoms with van der Waals surface area (Å²) in [7, 11) is 0. The van der Waals surface area contributed by atoms with E-state index in [9.17, 15) is 4.39 Å². The molecule has 9 heteroatoms. The topological polar surface area (TPSA) is 73.0 Å². The lowest BCUT2D eigenvalue weighted by Crippen LogP contribution is -2.37. The van der Waals surface area contributed by atoms with Gasteiger partial charge < -0.3 is 4.74 Å². The number of ether oxygens (including phenoxy) is 1.